The van der Waals surface area contributed by atoms with E-state index < -0.39 is 9.84 Å². The molecule has 0 bridgehead atoms. The summed E-state index contributed by atoms with van der Waals surface area (Å²) in [5.74, 6) is 0.638. The number of fused-ring (bicyclic) bond motifs is 1. The molecule has 3 aromatic rings. The molecular formula is C23H28ClN3O3S. The van der Waals surface area contributed by atoms with Crippen LogP contribution in [0.25, 0.3) is 10.9 Å². The van der Waals surface area contributed by atoms with E-state index in [-0.39, 0.29) is 21.9 Å². The summed E-state index contributed by atoms with van der Waals surface area (Å²) in [6.45, 7) is 5.88. The number of likely N-dealkylation sites (tertiary alicyclic amines) is 1. The molecule has 0 radical (unpaired) electrons. The third kappa shape index (κ3) is 4.68. The lowest BCUT2D eigenvalue weighted by Gasteiger charge is -2.30. The van der Waals surface area contributed by atoms with E-state index in [0.717, 1.165) is 31.4 Å². The molecule has 6 nitrogen and oxygen atoms in total. The summed E-state index contributed by atoms with van der Waals surface area (Å²) >= 11 is 6.39. The molecule has 1 aliphatic rings. The van der Waals surface area contributed by atoms with Crippen molar-refractivity contribution in [1.29, 1.82) is 0 Å². The van der Waals surface area contributed by atoms with Crippen LogP contribution >= 0.6 is 11.6 Å². The number of H-pyrrole nitrogens is 1. The Labute approximate surface area is 188 Å². The van der Waals surface area contributed by atoms with Gasteiger partial charge in [0.25, 0.3) is 0 Å². The number of piperidine rings is 1. The standard InChI is InChI=1S/C23H28ClN3O3S/c1-15(2)30-17-4-7-21-19(12-17)23(14-25-21)31(28,29)18-5-6-20(24)22(13-18)26-16-8-10-27(3)11-9-16/h4-7,12-16,25-26H,8-11H2,1-3H3. The summed E-state index contributed by atoms with van der Waals surface area (Å²) in [4.78, 5) is 5.78. The molecule has 2 aromatic carbocycles. The van der Waals surface area contributed by atoms with Crippen molar-refractivity contribution >= 4 is 38.0 Å². The summed E-state index contributed by atoms with van der Waals surface area (Å²) < 4.78 is 32.8. The molecule has 8 heteroatoms. The van der Waals surface area contributed by atoms with Crippen LogP contribution in [0.4, 0.5) is 5.69 Å². The fourth-order valence-corrected chi connectivity index (χ4v) is 5.54. The van der Waals surface area contributed by atoms with Crippen LogP contribution in [0.2, 0.25) is 5.02 Å². The van der Waals surface area contributed by atoms with Crippen molar-refractivity contribution in [3.63, 3.8) is 0 Å². The molecule has 2 N–H and O–H groups in total. The first-order chi connectivity index (χ1) is 14.7. The van der Waals surface area contributed by atoms with Gasteiger partial charge in [0.1, 0.15) is 5.75 Å². The minimum Gasteiger partial charge on any atom is -0.491 e. The number of hydrogen-bond acceptors (Lipinski definition) is 5. The number of hydrogen-bond donors (Lipinski definition) is 2. The molecule has 1 aromatic heterocycles. The number of nitrogens with zero attached hydrogens (tertiary/aromatic N) is 1. The highest BCUT2D eigenvalue weighted by Gasteiger charge is 2.24. The first-order valence-corrected chi connectivity index (χ1v) is 12.4. The maximum Gasteiger partial charge on any atom is 0.208 e. The van der Waals surface area contributed by atoms with Crippen LogP contribution in [0, 0.1) is 0 Å². The smallest absolute Gasteiger partial charge is 0.208 e. The molecule has 0 amide bonds. The number of halogens is 1. The van der Waals surface area contributed by atoms with Crippen molar-refractivity contribution < 1.29 is 13.2 Å². The van der Waals surface area contributed by atoms with Crippen molar-refractivity contribution in [1.82, 2.24) is 9.88 Å². The fourth-order valence-electron chi connectivity index (χ4n) is 3.92. The van der Waals surface area contributed by atoms with Gasteiger partial charge in [-0.25, -0.2) is 8.42 Å². The highest BCUT2D eigenvalue weighted by molar-refractivity contribution is 7.91. The average Bonchev–Trinajstić information content (AvgIpc) is 3.15. The van der Waals surface area contributed by atoms with Gasteiger partial charge in [-0.2, -0.15) is 0 Å². The second kappa shape index (κ2) is 8.73. The minimum atomic E-state index is -3.75. The summed E-state index contributed by atoms with van der Waals surface area (Å²) in [6, 6.07) is 10.6. The number of anilines is 1. The third-order valence-electron chi connectivity index (χ3n) is 5.60. The summed E-state index contributed by atoms with van der Waals surface area (Å²) in [7, 11) is -1.64. The number of nitrogens with one attached hydrogen (secondary N) is 2. The molecule has 1 aliphatic heterocycles. The number of ether oxygens (including phenoxy) is 1. The highest BCUT2D eigenvalue weighted by Crippen LogP contribution is 2.34. The molecule has 1 fully saturated rings. The second-order valence-corrected chi connectivity index (χ2v) is 10.7. The van der Waals surface area contributed by atoms with Crippen molar-refractivity contribution in [2.45, 2.75) is 48.6 Å². The van der Waals surface area contributed by atoms with E-state index in [1.807, 2.05) is 26.0 Å². The van der Waals surface area contributed by atoms with Gasteiger partial charge in [0.05, 0.1) is 26.6 Å². The van der Waals surface area contributed by atoms with Gasteiger partial charge >= 0.3 is 0 Å². The molecule has 0 aliphatic carbocycles. The van der Waals surface area contributed by atoms with Gasteiger partial charge in [0, 0.05) is 23.1 Å². The van der Waals surface area contributed by atoms with Crippen molar-refractivity contribution in [2.24, 2.45) is 0 Å². The molecule has 2 heterocycles. The van der Waals surface area contributed by atoms with E-state index in [2.05, 4.69) is 22.2 Å². The molecule has 4 rings (SSSR count). The van der Waals surface area contributed by atoms with E-state index in [0.29, 0.717) is 21.8 Å². The van der Waals surface area contributed by atoms with Crippen molar-refractivity contribution in [2.75, 3.05) is 25.5 Å². The maximum absolute atomic E-state index is 13.5. The molecule has 31 heavy (non-hydrogen) atoms. The first-order valence-electron chi connectivity index (χ1n) is 10.5. The fraction of sp³-hybridized carbons (Fsp3) is 0.391. The summed E-state index contributed by atoms with van der Waals surface area (Å²) in [5, 5.41) is 4.57. The predicted molar refractivity (Wildman–Crippen MR) is 125 cm³/mol. The Balaban J connectivity index is 1.67. The van der Waals surface area contributed by atoms with Crippen LogP contribution in [0.3, 0.4) is 0 Å². The van der Waals surface area contributed by atoms with Gasteiger partial charge in [0.2, 0.25) is 9.84 Å². The Kier molecular flexibility index (Phi) is 6.19. The van der Waals surface area contributed by atoms with Crippen LogP contribution < -0.4 is 10.1 Å². The van der Waals surface area contributed by atoms with E-state index in [1.165, 1.54) is 6.20 Å². The Morgan fingerprint density at radius 3 is 2.61 bits per heavy atom. The summed E-state index contributed by atoms with van der Waals surface area (Å²) in [6.07, 6.45) is 3.52. The number of aromatic amines is 1. The van der Waals surface area contributed by atoms with Crippen LogP contribution in [0.5, 0.6) is 5.75 Å². The SMILES string of the molecule is CC(C)Oc1ccc2[nH]cc(S(=O)(=O)c3ccc(Cl)c(NC4CCN(C)CC4)c3)c2c1. The second-order valence-electron chi connectivity index (χ2n) is 8.39. The zero-order chi connectivity index (χ0) is 22.2. The Morgan fingerprint density at radius 1 is 1.16 bits per heavy atom. The van der Waals surface area contributed by atoms with E-state index in [1.54, 1.807) is 24.3 Å². The van der Waals surface area contributed by atoms with Gasteiger partial charge in [-0.15, -0.1) is 0 Å². The van der Waals surface area contributed by atoms with Gasteiger partial charge in [-0.3, -0.25) is 0 Å². The predicted octanol–water partition coefficient (Wildman–Crippen LogP) is 4.95. The Bertz CT molecular complexity index is 1180. The molecule has 0 unspecified atom stereocenters. The topological polar surface area (TPSA) is 74.4 Å². The molecule has 0 saturated carbocycles. The number of rotatable bonds is 6. The van der Waals surface area contributed by atoms with Crippen LogP contribution in [-0.4, -0.2) is 50.6 Å². The Hall–Kier alpha value is -2.22. The molecule has 0 spiro atoms. The highest BCUT2D eigenvalue weighted by atomic mass is 35.5. The van der Waals surface area contributed by atoms with E-state index in [9.17, 15) is 8.42 Å². The minimum absolute atomic E-state index is 0.000853. The molecule has 1 saturated heterocycles. The largest absolute Gasteiger partial charge is 0.491 e. The van der Waals surface area contributed by atoms with Gasteiger partial charge in [-0.1, -0.05) is 11.6 Å². The van der Waals surface area contributed by atoms with Crippen LogP contribution in [0.1, 0.15) is 26.7 Å². The van der Waals surface area contributed by atoms with Crippen LogP contribution in [0.15, 0.2) is 52.4 Å². The number of benzene rings is 2. The van der Waals surface area contributed by atoms with Crippen LogP contribution in [-0.2, 0) is 9.84 Å². The van der Waals surface area contributed by atoms with Crippen molar-refractivity contribution in [3.8, 4) is 5.75 Å². The van der Waals surface area contributed by atoms with E-state index >= 15 is 0 Å². The zero-order valence-electron chi connectivity index (χ0n) is 18.0. The quantitative estimate of drug-likeness (QED) is 0.543. The molecule has 0 atom stereocenters. The third-order valence-corrected chi connectivity index (χ3v) is 7.72. The lowest BCUT2D eigenvalue weighted by Crippen LogP contribution is -2.36. The summed E-state index contributed by atoms with van der Waals surface area (Å²) in [5.41, 5.74) is 1.40. The normalized spacial score (nSPS) is 16.2. The number of sulfone groups is 1. The zero-order valence-corrected chi connectivity index (χ0v) is 19.6. The molecule has 166 valence electrons. The van der Waals surface area contributed by atoms with Gasteiger partial charge in [0.15, 0.2) is 0 Å². The lowest BCUT2D eigenvalue weighted by molar-refractivity contribution is 0.243. The Morgan fingerprint density at radius 2 is 1.90 bits per heavy atom. The van der Waals surface area contributed by atoms with Crippen molar-refractivity contribution in [3.05, 3.63) is 47.6 Å². The van der Waals surface area contributed by atoms with Gasteiger partial charge < -0.3 is 19.9 Å². The van der Waals surface area contributed by atoms with E-state index in [4.69, 9.17) is 16.3 Å². The average molecular weight is 462 g/mol. The first kappa shape index (κ1) is 22.0. The maximum atomic E-state index is 13.5. The number of aromatic nitrogens is 1. The lowest BCUT2D eigenvalue weighted by atomic mass is 10.1. The molecular weight excluding hydrogens is 434 g/mol. The van der Waals surface area contributed by atoms with Gasteiger partial charge in [-0.05, 0) is 83.2 Å². The monoisotopic (exact) mass is 461 g/mol.